The highest BCUT2D eigenvalue weighted by atomic mass is 35.5. The SMILES string of the molecule is Cc1cc(C)nc(Sc2cc(C#N)cc(Cl)n2)n1. The standard InChI is InChI=1S/C12H9ClN4S/c1-7-3-8(2)16-12(15-7)18-11-5-9(6-14)4-10(13)17-11/h3-5H,1-2H3. The van der Waals surface area contributed by atoms with Gasteiger partial charge in [0.15, 0.2) is 5.16 Å². The first-order valence-electron chi connectivity index (χ1n) is 5.14. The van der Waals surface area contributed by atoms with Gasteiger partial charge in [0.05, 0.1) is 11.6 Å². The molecular formula is C12H9ClN4S. The maximum atomic E-state index is 8.86. The van der Waals surface area contributed by atoms with E-state index in [9.17, 15) is 0 Å². The molecule has 0 aromatic carbocycles. The minimum atomic E-state index is 0.293. The normalized spacial score (nSPS) is 10.1. The van der Waals surface area contributed by atoms with Crippen molar-refractivity contribution in [3.8, 4) is 6.07 Å². The zero-order chi connectivity index (χ0) is 13.1. The van der Waals surface area contributed by atoms with Crippen molar-refractivity contribution in [2.75, 3.05) is 0 Å². The smallest absolute Gasteiger partial charge is 0.194 e. The van der Waals surface area contributed by atoms with E-state index in [1.807, 2.05) is 26.0 Å². The summed E-state index contributed by atoms with van der Waals surface area (Å²) < 4.78 is 0. The molecule has 0 aliphatic carbocycles. The molecular weight excluding hydrogens is 268 g/mol. The van der Waals surface area contributed by atoms with Crippen molar-refractivity contribution in [1.29, 1.82) is 5.26 Å². The predicted molar refractivity (Wildman–Crippen MR) is 69.6 cm³/mol. The molecule has 18 heavy (non-hydrogen) atoms. The van der Waals surface area contributed by atoms with Crippen LogP contribution in [0.25, 0.3) is 0 Å². The topological polar surface area (TPSA) is 62.5 Å². The van der Waals surface area contributed by atoms with E-state index in [1.165, 1.54) is 17.8 Å². The molecule has 2 rings (SSSR count). The molecule has 90 valence electrons. The fraction of sp³-hybridized carbons (Fsp3) is 0.167. The summed E-state index contributed by atoms with van der Waals surface area (Å²) in [6, 6.07) is 7.12. The molecule has 4 nitrogen and oxygen atoms in total. The fourth-order valence-electron chi connectivity index (χ4n) is 1.42. The molecule has 0 saturated heterocycles. The second-order valence-corrected chi connectivity index (χ2v) is 5.04. The average molecular weight is 277 g/mol. The van der Waals surface area contributed by atoms with E-state index in [0.29, 0.717) is 20.9 Å². The number of aromatic nitrogens is 3. The van der Waals surface area contributed by atoms with Crippen molar-refractivity contribution in [2.24, 2.45) is 0 Å². The van der Waals surface area contributed by atoms with Crippen molar-refractivity contribution >= 4 is 23.4 Å². The molecule has 0 radical (unpaired) electrons. The summed E-state index contributed by atoms with van der Waals surface area (Å²) in [6.07, 6.45) is 0. The maximum Gasteiger partial charge on any atom is 0.194 e. The van der Waals surface area contributed by atoms with Crippen LogP contribution < -0.4 is 0 Å². The van der Waals surface area contributed by atoms with E-state index in [2.05, 4.69) is 15.0 Å². The molecule has 0 spiro atoms. The summed E-state index contributed by atoms with van der Waals surface area (Å²) in [7, 11) is 0. The highest BCUT2D eigenvalue weighted by molar-refractivity contribution is 7.99. The third kappa shape index (κ3) is 3.19. The molecule has 0 fully saturated rings. The van der Waals surface area contributed by atoms with Gasteiger partial charge >= 0.3 is 0 Å². The molecule has 0 bridgehead atoms. The van der Waals surface area contributed by atoms with E-state index in [0.717, 1.165) is 11.4 Å². The fourth-order valence-corrected chi connectivity index (χ4v) is 2.58. The average Bonchev–Trinajstić information content (AvgIpc) is 2.26. The van der Waals surface area contributed by atoms with Gasteiger partial charge in [0, 0.05) is 11.4 Å². The Balaban J connectivity index is 2.34. The first-order chi connectivity index (χ1) is 8.56. The summed E-state index contributed by atoms with van der Waals surface area (Å²) in [5, 5.41) is 10.4. The lowest BCUT2D eigenvalue weighted by Gasteiger charge is -2.03. The van der Waals surface area contributed by atoms with Gasteiger partial charge in [-0.3, -0.25) is 0 Å². The zero-order valence-electron chi connectivity index (χ0n) is 9.81. The van der Waals surface area contributed by atoms with E-state index in [1.54, 1.807) is 6.07 Å². The molecule has 2 aromatic heterocycles. The van der Waals surface area contributed by atoms with Gasteiger partial charge in [-0.25, -0.2) is 15.0 Å². The van der Waals surface area contributed by atoms with E-state index in [4.69, 9.17) is 16.9 Å². The Morgan fingerprint density at radius 2 is 1.78 bits per heavy atom. The molecule has 0 N–H and O–H groups in total. The number of rotatable bonds is 2. The Morgan fingerprint density at radius 1 is 1.11 bits per heavy atom. The van der Waals surface area contributed by atoms with Crippen LogP contribution >= 0.6 is 23.4 Å². The van der Waals surface area contributed by atoms with Gasteiger partial charge in [-0.2, -0.15) is 5.26 Å². The minimum Gasteiger partial charge on any atom is -0.229 e. The lowest BCUT2D eigenvalue weighted by molar-refractivity contribution is 0.899. The van der Waals surface area contributed by atoms with Gasteiger partial charge in [-0.15, -0.1) is 0 Å². The van der Waals surface area contributed by atoms with Crippen LogP contribution in [0.2, 0.25) is 5.15 Å². The molecule has 2 heterocycles. The van der Waals surface area contributed by atoms with Crippen LogP contribution in [0.15, 0.2) is 28.4 Å². The van der Waals surface area contributed by atoms with E-state index < -0.39 is 0 Å². The lowest BCUT2D eigenvalue weighted by Crippen LogP contribution is -1.93. The number of aryl methyl sites for hydroxylation is 2. The number of nitrogens with zero attached hydrogens (tertiary/aromatic N) is 4. The molecule has 2 aromatic rings. The Bertz CT molecular complexity index is 616. The zero-order valence-corrected chi connectivity index (χ0v) is 11.4. The van der Waals surface area contributed by atoms with Gasteiger partial charge in [0.2, 0.25) is 0 Å². The number of nitriles is 1. The second kappa shape index (κ2) is 5.34. The first-order valence-corrected chi connectivity index (χ1v) is 6.34. The molecule has 0 aliphatic rings. The van der Waals surface area contributed by atoms with Gasteiger partial charge < -0.3 is 0 Å². The minimum absolute atomic E-state index is 0.293. The highest BCUT2D eigenvalue weighted by Crippen LogP contribution is 2.25. The number of hydrogen-bond donors (Lipinski definition) is 0. The molecule has 0 atom stereocenters. The van der Waals surface area contributed by atoms with Crippen molar-refractivity contribution in [3.63, 3.8) is 0 Å². The maximum absolute atomic E-state index is 8.86. The largest absolute Gasteiger partial charge is 0.229 e. The van der Waals surface area contributed by atoms with Gasteiger partial charge in [-0.05, 0) is 43.8 Å². The Morgan fingerprint density at radius 3 is 2.39 bits per heavy atom. The van der Waals surface area contributed by atoms with E-state index in [-0.39, 0.29) is 0 Å². The predicted octanol–water partition coefficient (Wildman–Crippen LogP) is 3.16. The number of hydrogen-bond acceptors (Lipinski definition) is 5. The quantitative estimate of drug-likeness (QED) is 0.623. The van der Waals surface area contributed by atoms with Crippen LogP contribution in [0.5, 0.6) is 0 Å². The van der Waals surface area contributed by atoms with Crippen LogP contribution in [0, 0.1) is 25.2 Å². The van der Waals surface area contributed by atoms with Crippen LogP contribution in [0.3, 0.4) is 0 Å². The highest BCUT2D eigenvalue weighted by Gasteiger charge is 2.06. The monoisotopic (exact) mass is 276 g/mol. The lowest BCUT2D eigenvalue weighted by atomic mass is 10.3. The Hall–Kier alpha value is -1.64. The third-order valence-electron chi connectivity index (χ3n) is 2.06. The van der Waals surface area contributed by atoms with Gasteiger partial charge in [0.1, 0.15) is 10.2 Å². The summed E-state index contributed by atoms with van der Waals surface area (Å²) in [5.41, 5.74) is 2.27. The molecule has 0 unspecified atom stereocenters. The summed E-state index contributed by atoms with van der Waals surface area (Å²) in [4.78, 5) is 12.7. The molecule has 0 saturated carbocycles. The van der Waals surface area contributed by atoms with Crippen molar-refractivity contribution in [3.05, 3.63) is 40.3 Å². The van der Waals surface area contributed by atoms with Crippen LogP contribution in [0.4, 0.5) is 0 Å². The van der Waals surface area contributed by atoms with E-state index >= 15 is 0 Å². The van der Waals surface area contributed by atoms with Crippen molar-refractivity contribution in [2.45, 2.75) is 24.0 Å². The summed E-state index contributed by atoms with van der Waals surface area (Å²) >= 11 is 7.13. The number of pyridine rings is 1. The molecule has 0 aliphatic heterocycles. The third-order valence-corrected chi connectivity index (χ3v) is 3.03. The summed E-state index contributed by atoms with van der Waals surface area (Å²) in [5.74, 6) is 0. The first kappa shape index (κ1) is 12.8. The van der Waals surface area contributed by atoms with Crippen LogP contribution in [0.1, 0.15) is 17.0 Å². The molecule has 6 heteroatoms. The van der Waals surface area contributed by atoms with Crippen molar-refractivity contribution in [1.82, 2.24) is 15.0 Å². The van der Waals surface area contributed by atoms with Crippen LogP contribution in [-0.4, -0.2) is 15.0 Å². The second-order valence-electron chi connectivity index (χ2n) is 3.66. The van der Waals surface area contributed by atoms with Gasteiger partial charge in [0.25, 0.3) is 0 Å². The summed E-state index contributed by atoms with van der Waals surface area (Å²) in [6.45, 7) is 3.82. The van der Waals surface area contributed by atoms with Crippen molar-refractivity contribution < 1.29 is 0 Å². The molecule has 0 amide bonds. The van der Waals surface area contributed by atoms with Gasteiger partial charge in [-0.1, -0.05) is 11.6 Å². The Labute approximate surface area is 114 Å². The van der Waals surface area contributed by atoms with Crippen LogP contribution in [-0.2, 0) is 0 Å². The Kier molecular flexibility index (Phi) is 3.80. The number of halogens is 1.